The highest BCUT2D eigenvalue weighted by atomic mass is 32.1. The van der Waals surface area contributed by atoms with Crippen LogP contribution in [0.15, 0.2) is 60.7 Å². The molecule has 1 aromatic heterocycles. The molecule has 1 amide bonds. The van der Waals surface area contributed by atoms with E-state index in [0.717, 1.165) is 21.2 Å². The zero-order chi connectivity index (χ0) is 18.1. The summed E-state index contributed by atoms with van der Waals surface area (Å²) in [5, 5.41) is 5.25. The first-order valence-electron chi connectivity index (χ1n) is 8.15. The number of thiophene rings is 1. The van der Waals surface area contributed by atoms with Crippen LogP contribution in [0.2, 0.25) is 0 Å². The number of hydrogen-bond donors (Lipinski definition) is 1. The first-order chi connectivity index (χ1) is 12.7. The molecule has 0 saturated carbocycles. The lowest BCUT2D eigenvalue weighted by molar-refractivity contribution is 0.102. The van der Waals surface area contributed by atoms with Crippen molar-refractivity contribution in [2.75, 3.05) is 19.5 Å². The van der Waals surface area contributed by atoms with E-state index in [1.807, 2.05) is 24.3 Å². The topological polar surface area (TPSA) is 47.6 Å². The average molecular weight is 363 g/mol. The van der Waals surface area contributed by atoms with Gasteiger partial charge in [-0.25, -0.2) is 0 Å². The maximum Gasteiger partial charge on any atom is 0.259 e. The summed E-state index contributed by atoms with van der Waals surface area (Å²) in [7, 11) is 3.12. The van der Waals surface area contributed by atoms with Gasteiger partial charge in [-0.05, 0) is 30.3 Å². The number of nitrogens with one attached hydrogen (secondary N) is 1. The molecule has 0 saturated heterocycles. The highest BCUT2D eigenvalue weighted by molar-refractivity contribution is 7.25. The van der Waals surface area contributed by atoms with Gasteiger partial charge in [-0.1, -0.05) is 24.3 Å². The van der Waals surface area contributed by atoms with Crippen molar-refractivity contribution in [2.45, 2.75) is 0 Å². The van der Waals surface area contributed by atoms with Gasteiger partial charge in [-0.15, -0.1) is 11.3 Å². The van der Waals surface area contributed by atoms with Gasteiger partial charge in [0.05, 0.1) is 25.5 Å². The molecule has 0 radical (unpaired) electrons. The van der Waals surface area contributed by atoms with Crippen LogP contribution >= 0.6 is 11.3 Å². The molecule has 0 aliphatic carbocycles. The van der Waals surface area contributed by atoms with E-state index in [-0.39, 0.29) is 5.91 Å². The Balaban J connectivity index is 1.77. The highest BCUT2D eigenvalue weighted by Gasteiger charge is 2.16. The normalized spacial score (nSPS) is 10.8. The minimum Gasteiger partial charge on any atom is -0.497 e. The van der Waals surface area contributed by atoms with Crippen LogP contribution in [0.5, 0.6) is 11.5 Å². The lowest BCUT2D eigenvalue weighted by Gasteiger charge is -2.11. The lowest BCUT2D eigenvalue weighted by Crippen LogP contribution is -2.13. The van der Waals surface area contributed by atoms with Crippen molar-refractivity contribution >= 4 is 43.1 Å². The molecule has 0 aliphatic rings. The zero-order valence-electron chi connectivity index (χ0n) is 14.4. The Morgan fingerprint density at radius 3 is 2.54 bits per heavy atom. The third-order valence-corrected chi connectivity index (χ3v) is 5.44. The Hall–Kier alpha value is -3.05. The van der Waals surface area contributed by atoms with E-state index in [1.165, 1.54) is 4.70 Å². The van der Waals surface area contributed by atoms with Crippen LogP contribution in [-0.2, 0) is 0 Å². The van der Waals surface area contributed by atoms with Crippen molar-refractivity contribution in [3.05, 3.63) is 66.2 Å². The molecule has 0 bridgehead atoms. The Kier molecular flexibility index (Phi) is 4.22. The molecule has 4 rings (SSSR count). The first kappa shape index (κ1) is 16.4. The number of fused-ring (bicyclic) bond motifs is 3. The smallest absolute Gasteiger partial charge is 0.259 e. The minimum atomic E-state index is -0.215. The number of rotatable bonds is 4. The third-order valence-electron chi connectivity index (χ3n) is 4.30. The predicted octanol–water partition coefficient (Wildman–Crippen LogP) is 5.32. The summed E-state index contributed by atoms with van der Waals surface area (Å²) in [6.45, 7) is 0. The third kappa shape index (κ3) is 2.76. The fourth-order valence-electron chi connectivity index (χ4n) is 3.05. The molecule has 0 unspecified atom stereocenters. The van der Waals surface area contributed by atoms with Crippen LogP contribution in [0, 0.1) is 0 Å². The number of ether oxygens (including phenoxy) is 2. The molecule has 0 spiro atoms. The van der Waals surface area contributed by atoms with Crippen molar-refractivity contribution < 1.29 is 14.3 Å². The Morgan fingerprint density at radius 2 is 1.73 bits per heavy atom. The van der Waals surface area contributed by atoms with E-state index in [9.17, 15) is 4.79 Å². The Bertz CT molecular complexity index is 1120. The molecule has 5 heteroatoms. The van der Waals surface area contributed by atoms with Crippen molar-refractivity contribution in [2.24, 2.45) is 0 Å². The molecule has 1 heterocycles. The van der Waals surface area contributed by atoms with Gasteiger partial charge in [0.1, 0.15) is 11.5 Å². The van der Waals surface area contributed by atoms with Crippen molar-refractivity contribution in [3.63, 3.8) is 0 Å². The molecule has 0 fully saturated rings. The Labute approximate surface area is 155 Å². The molecule has 130 valence electrons. The summed E-state index contributed by atoms with van der Waals surface area (Å²) in [4.78, 5) is 12.9. The molecular weight excluding hydrogens is 346 g/mol. The van der Waals surface area contributed by atoms with Crippen molar-refractivity contribution in [1.82, 2.24) is 0 Å². The van der Waals surface area contributed by atoms with Crippen LogP contribution < -0.4 is 14.8 Å². The monoisotopic (exact) mass is 363 g/mol. The first-order valence-corrected chi connectivity index (χ1v) is 8.96. The quantitative estimate of drug-likeness (QED) is 0.533. The average Bonchev–Trinajstić information content (AvgIpc) is 3.07. The van der Waals surface area contributed by atoms with Gasteiger partial charge >= 0.3 is 0 Å². The fourth-order valence-corrected chi connectivity index (χ4v) is 4.19. The number of carbonyl (C=O) groups excluding carboxylic acids is 1. The number of carbonyl (C=O) groups is 1. The number of hydrogen-bond acceptors (Lipinski definition) is 4. The van der Waals surface area contributed by atoms with E-state index < -0.39 is 0 Å². The summed E-state index contributed by atoms with van der Waals surface area (Å²) in [6, 6.07) is 19.3. The SMILES string of the molecule is COc1ccc(C(=O)Nc2cccc3sc4ccccc4c23)c(OC)c1. The van der Waals surface area contributed by atoms with Crippen LogP contribution in [0.25, 0.3) is 20.2 Å². The van der Waals surface area contributed by atoms with E-state index in [4.69, 9.17) is 9.47 Å². The molecule has 1 N–H and O–H groups in total. The van der Waals surface area contributed by atoms with E-state index >= 15 is 0 Å². The molecule has 0 atom stereocenters. The number of benzene rings is 3. The summed E-state index contributed by atoms with van der Waals surface area (Å²) in [5.41, 5.74) is 1.26. The van der Waals surface area contributed by atoms with Gasteiger partial charge in [0.2, 0.25) is 0 Å². The van der Waals surface area contributed by atoms with Gasteiger partial charge in [-0.2, -0.15) is 0 Å². The molecule has 4 aromatic rings. The second kappa shape index (κ2) is 6.69. The van der Waals surface area contributed by atoms with E-state index in [2.05, 4.69) is 23.5 Å². The summed E-state index contributed by atoms with van der Waals surface area (Å²) < 4.78 is 12.9. The van der Waals surface area contributed by atoms with Crippen molar-refractivity contribution in [3.8, 4) is 11.5 Å². The maximum absolute atomic E-state index is 12.9. The van der Waals surface area contributed by atoms with Crippen LogP contribution in [-0.4, -0.2) is 20.1 Å². The molecule has 4 nitrogen and oxygen atoms in total. The minimum absolute atomic E-state index is 0.215. The molecule has 0 aliphatic heterocycles. The van der Waals surface area contributed by atoms with Crippen LogP contribution in [0.4, 0.5) is 5.69 Å². The highest BCUT2D eigenvalue weighted by Crippen LogP contribution is 2.38. The standard InChI is InChI=1S/C21H17NO3S/c1-24-13-10-11-14(17(12-13)25-2)21(23)22-16-7-5-9-19-20(16)15-6-3-4-8-18(15)26-19/h3-12H,1-2H3,(H,22,23). The lowest BCUT2D eigenvalue weighted by atomic mass is 10.1. The zero-order valence-corrected chi connectivity index (χ0v) is 15.2. The summed E-state index contributed by atoms with van der Waals surface area (Å²) in [6.07, 6.45) is 0. The van der Waals surface area contributed by atoms with Gasteiger partial charge < -0.3 is 14.8 Å². The van der Waals surface area contributed by atoms with Crippen LogP contribution in [0.1, 0.15) is 10.4 Å². The Morgan fingerprint density at radius 1 is 0.923 bits per heavy atom. The van der Waals surface area contributed by atoms with E-state index in [1.54, 1.807) is 43.8 Å². The van der Waals surface area contributed by atoms with E-state index in [0.29, 0.717) is 17.1 Å². The molecule has 26 heavy (non-hydrogen) atoms. The molecule has 3 aromatic carbocycles. The second-order valence-corrected chi connectivity index (χ2v) is 6.88. The van der Waals surface area contributed by atoms with Gasteiger partial charge in [0.15, 0.2) is 0 Å². The van der Waals surface area contributed by atoms with Gasteiger partial charge in [-0.3, -0.25) is 4.79 Å². The maximum atomic E-state index is 12.9. The fraction of sp³-hybridized carbons (Fsp3) is 0.0952. The summed E-state index contributed by atoms with van der Waals surface area (Å²) in [5.74, 6) is 0.904. The predicted molar refractivity (Wildman–Crippen MR) is 107 cm³/mol. The number of anilines is 1. The number of methoxy groups -OCH3 is 2. The largest absolute Gasteiger partial charge is 0.497 e. The summed E-state index contributed by atoms with van der Waals surface area (Å²) >= 11 is 1.72. The van der Waals surface area contributed by atoms with Gasteiger partial charge in [0.25, 0.3) is 5.91 Å². The molecular formula is C21H17NO3S. The number of amides is 1. The van der Waals surface area contributed by atoms with Crippen LogP contribution in [0.3, 0.4) is 0 Å². The van der Waals surface area contributed by atoms with Gasteiger partial charge in [0, 0.05) is 26.2 Å². The van der Waals surface area contributed by atoms with Crippen molar-refractivity contribution in [1.29, 1.82) is 0 Å². The second-order valence-electron chi connectivity index (χ2n) is 5.80.